The van der Waals surface area contributed by atoms with Crippen molar-refractivity contribution in [3.63, 3.8) is 0 Å². The highest BCUT2D eigenvalue weighted by Gasteiger charge is 2.20. The molecule has 1 aliphatic rings. The number of aliphatic imine (C=N–C) groups is 1. The molecule has 0 radical (unpaired) electrons. The van der Waals surface area contributed by atoms with Crippen molar-refractivity contribution in [3.05, 3.63) is 41.7 Å². The Morgan fingerprint density at radius 1 is 1.21 bits per heavy atom. The molecule has 3 heterocycles. The molecule has 1 fully saturated rings. The lowest BCUT2D eigenvalue weighted by atomic mass is 10.2. The summed E-state index contributed by atoms with van der Waals surface area (Å²) in [6, 6.07) is 3.69. The van der Waals surface area contributed by atoms with E-state index in [-0.39, 0.29) is 5.91 Å². The molecule has 0 atom stereocenters. The van der Waals surface area contributed by atoms with Crippen molar-refractivity contribution in [2.45, 2.75) is 26.8 Å². The average molecular weight is 402 g/mol. The predicted molar refractivity (Wildman–Crippen MR) is 110 cm³/mol. The Kier molecular flexibility index (Phi) is 7.69. The number of rotatable bonds is 8. The summed E-state index contributed by atoms with van der Waals surface area (Å²) in [5.74, 6) is 1.14. The maximum atomic E-state index is 12.0. The summed E-state index contributed by atoms with van der Waals surface area (Å²) in [5, 5.41) is 10.2. The number of piperazine rings is 1. The molecule has 158 valence electrons. The Hall–Kier alpha value is -2.81. The van der Waals surface area contributed by atoms with Crippen molar-refractivity contribution in [1.82, 2.24) is 25.6 Å². The second-order valence-electron chi connectivity index (χ2n) is 7.03. The highest BCUT2D eigenvalue weighted by molar-refractivity contribution is 5.92. The van der Waals surface area contributed by atoms with Crippen molar-refractivity contribution in [2.24, 2.45) is 4.99 Å². The first-order chi connectivity index (χ1) is 14.2. The van der Waals surface area contributed by atoms with Crippen LogP contribution in [0.1, 0.15) is 35.2 Å². The smallest absolute Gasteiger partial charge is 0.287 e. The molecule has 1 saturated heterocycles. The van der Waals surface area contributed by atoms with Crippen molar-refractivity contribution in [1.29, 1.82) is 0 Å². The van der Waals surface area contributed by atoms with Crippen LogP contribution in [0, 0.1) is 6.92 Å². The second-order valence-corrected chi connectivity index (χ2v) is 7.03. The summed E-state index contributed by atoms with van der Waals surface area (Å²) in [6.07, 6.45) is 3.91. The Labute approximate surface area is 171 Å². The van der Waals surface area contributed by atoms with Gasteiger partial charge in [0, 0.05) is 64.0 Å². The third-order valence-electron chi connectivity index (χ3n) is 4.83. The Balaban J connectivity index is 1.40. The number of guanidine groups is 1. The van der Waals surface area contributed by atoms with Crippen LogP contribution in [0.5, 0.6) is 0 Å². The molecule has 0 bridgehead atoms. The lowest BCUT2D eigenvalue weighted by Crippen LogP contribution is -2.52. The predicted octanol–water partition coefficient (Wildman–Crippen LogP) is 1.48. The average Bonchev–Trinajstić information content (AvgIpc) is 3.39. The SMILES string of the molecule is CCNC(=NCCCNC(=O)c1occc1C)N1CCN(Cc2ccon2)CC1. The van der Waals surface area contributed by atoms with E-state index >= 15 is 0 Å². The quantitative estimate of drug-likeness (QED) is 0.392. The fourth-order valence-corrected chi connectivity index (χ4v) is 3.24. The largest absolute Gasteiger partial charge is 0.459 e. The molecule has 2 aromatic heterocycles. The normalized spacial score (nSPS) is 15.5. The molecule has 0 aromatic carbocycles. The van der Waals surface area contributed by atoms with Crippen LogP contribution >= 0.6 is 0 Å². The molecule has 2 N–H and O–H groups in total. The molecule has 0 spiro atoms. The van der Waals surface area contributed by atoms with E-state index in [1.165, 1.54) is 6.26 Å². The van der Waals surface area contributed by atoms with E-state index < -0.39 is 0 Å². The zero-order chi connectivity index (χ0) is 20.5. The van der Waals surface area contributed by atoms with Crippen molar-refractivity contribution in [2.75, 3.05) is 45.8 Å². The van der Waals surface area contributed by atoms with Gasteiger partial charge in [-0.1, -0.05) is 5.16 Å². The lowest BCUT2D eigenvalue weighted by molar-refractivity contribution is 0.0925. The number of carbonyl (C=O) groups excluding carboxylic acids is 1. The fourth-order valence-electron chi connectivity index (χ4n) is 3.24. The summed E-state index contributed by atoms with van der Waals surface area (Å²) < 4.78 is 10.1. The van der Waals surface area contributed by atoms with Gasteiger partial charge in [0.15, 0.2) is 11.7 Å². The van der Waals surface area contributed by atoms with E-state index in [2.05, 4.69) is 32.5 Å². The van der Waals surface area contributed by atoms with Crippen LogP contribution in [-0.2, 0) is 6.54 Å². The molecule has 9 heteroatoms. The van der Waals surface area contributed by atoms with Crippen molar-refractivity contribution >= 4 is 11.9 Å². The minimum Gasteiger partial charge on any atom is -0.459 e. The summed E-state index contributed by atoms with van der Waals surface area (Å²) in [5.41, 5.74) is 1.81. The number of hydrogen-bond donors (Lipinski definition) is 2. The molecule has 0 unspecified atom stereocenters. The van der Waals surface area contributed by atoms with E-state index in [0.717, 1.165) is 62.9 Å². The number of carbonyl (C=O) groups is 1. The molecular weight excluding hydrogens is 372 g/mol. The lowest BCUT2D eigenvalue weighted by Gasteiger charge is -2.36. The number of nitrogens with one attached hydrogen (secondary N) is 2. The molecule has 3 rings (SSSR count). The number of amides is 1. The Morgan fingerprint density at radius 3 is 2.69 bits per heavy atom. The monoisotopic (exact) mass is 402 g/mol. The van der Waals surface area contributed by atoms with Crippen LogP contribution in [0.25, 0.3) is 0 Å². The molecule has 1 aliphatic heterocycles. The number of nitrogens with zero attached hydrogens (tertiary/aromatic N) is 4. The molecule has 0 saturated carbocycles. The minimum absolute atomic E-state index is 0.174. The van der Waals surface area contributed by atoms with E-state index in [1.54, 1.807) is 12.3 Å². The molecule has 1 amide bonds. The maximum absolute atomic E-state index is 12.0. The van der Waals surface area contributed by atoms with Gasteiger partial charge in [-0.3, -0.25) is 14.7 Å². The summed E-state index contributed by atoms with van der Waals surface area (Å²) in [4.78, 5) is 21.4. The van der Waals surface area contributed by atoms with Crippen LogP contribution in [0.3, 0.4) is 0 Å². The van der Waals surface area contributed by atoms with Gasteiger partial charge in [-0.15, -0.1) is 0 Å². The molecular formula is C20H30N6O3. The molecule has 2 aromatic rings. The summed E-state index contributed by atoms with van der Waals surface area (Å²) in [7, 11) is 0. The molecule has 9 nitrogen and oxygen atoms in total. The van der Waals surface area contributed by atoms with Gasteiger partial charge in [-0.05, 0) is 26.3 Å². The van der Waals surface area contributed by atoms with Crippen LogP contribution in [0.4, 0.5) is 0 Å². The van der Waals surface area contributed by atoms with Gasteiger partial charge in [-0.2, -0.15) is 0 Å². The first-order valence-corrected chi connectivity index (χ1v) is 10.1. The molecule has 0 aliphatic carbocycles. The minimum atomic E-state index is -0.174. The van der Waals surface area contributed by atoms with E-state index in [1.807, 2.05) is 13.0 Å². The van der Waals surface area contributed by atoms with Crippen molar-refractivity contribution in [3.8, 4) is 0 Å². The highest BCUT2D eigenvalue weighted by Crippen LogP contribution is 2.09. The number of furan rings is 1. The topological polar surface area (TPSA) is 99.1 Å². The van der Waals surface area contributed by atoms with Gasteiger partial charge >= 0.3 is 0 Å². The standard InChI is InChI=1S/C20H30N6O3/c1-3-21-20(23-8-4-7-22-19(27)18-16(2)5-13-28-18)26-11-9-25(10-12-26)15-17-6-14-29-24-17/h5-6,13-14H,3-4,7-12,15H2,1-2H3,(H,21,23)(H,22,27). The summed E-state index contributed by atoms with van der Waals surface area (Å²) >= 11 is 0. The zero-order valence-corrected chi connectivity index (χ0v) is 17.2. The number of hydrogen-bond acceptors (Lipinski definition) is 6. The van der Waals surface area contributed by atoms with Gasteiger partial charge in [0.1, 0.15) is 6.26 Å². The van der Waals surface area contributed by atoms with E-state index in [4.69, 9.17) is 13.9 Å². The third kappa shape index (κ3) is 6.08. The van der Waals surface area contributed by atoms with Crippen LogP contribution < -0.4 is 10.6 Å². The van der Waals surface area contributed by atoms with E-state index in [0.29, 0.717) is 18.8 Å². The van der Waals surface area contributed by atoms with Crippen LogP contribution in [0.15, 0.2) is 38.6 Å². The Bertz CT molecular complexity index is 778. The number of aryl methyl sites for hydroxylation is 1. The zero-order valence-electron chi connectivity index (χ0n) is 17.2. The van der Waals surface area contributed by atoms with E-state index in [9.17, 15) is 4.79 Å². The van der Waals surface area contributed by atoms with Crippen LogP contribution in [0.2, 0.25) is 0 Å². The highest BCUT2D eigenvalue weighted by atomic mass is 16.5. The van der Waals surface area contributed by atoms with Gasteiger partial charge in [-0.25, -0.2) is 0 Å². The third-order valence-corrected chi connectivity index (χ3v) is 4.83. The molecule has 29 heavy (non-hydrogen) atoms. The Morgan fingerprint density at radius 2 is 2.03 bits per heavy atom. The van der Waals surface area contributed by atoms with Crippen LogP contribution in [-0.4, -0.2) is 72.6 Å². The number of aromatic nitrogens is 1. The second kappa shape index (κ2) is 10.7. The van der Waals surface area contributed by atoms with Gasteiger partial charge in [0.2, 0.25) is 0 Å². The van der Waals surface area contributed by atoms with Gasteiger partial charge < -0.3 is 24.5 Å². The summed E-state index contributed by atoms with van der Waals surface area (Å²) in [6.45, 7) is 10.5. The first-order valence-electron chi connectivity index (χ1n) is 10.1. The van der Waals surface area contributed by atoms with Gasteiger partial charge in [0.05, 0.1) is 12.0 Å². The first kappa shape index (κ1) is 20.9. The maximum Gasteiger partial charge on any atom is 0.287 e. The van der Waals surface area contributed by atoms with Crippen molar-refractivity contribution < 1.29 is 13.7 Å². The van der Waals surface area contributed by atoms with Gasteiger partial charge in [0.25, 0.3) is 5.91 Å². The fraction of sp³-hybridized carbons (Fsp3) is 0.550.